The molecule has 1 aromatic rings. The van der Waals surface area contributed by atoms with Gasteiger partial charge in [0.05, 0.1) is 11.2 Å². The van der Waals surface area contributed by atoms with Crippen molar-refractivity contribution in [3.05, 3.63) is 35.6 Å². The molecule has 2 atom stereocenters. The summed E-state index contributed by atoms with van der Waals surface area (Å²) in [5.74, 6) is -0.0479. The number of hydrogen-bond acceptors (Lipinski definition) is 2. The first-order valence-electron chi connectivity index (χ1n) is 6.42. The molecule has 18 heavy (non-hydrogen) atoms. The summed E-state index contributed by atoms with van der Waals surface area (Å²) in [5.41, 5.74) is 6.71. The minimum Gasteiger partial charge on any atom is -0.369 e. The first kappa shape index (κ1) is 13.5. The Morgan fingerprint density at radius 2 is 2.00 bits per heavy atom. The van der Waals surface area contributed by atoms with Gasteiger partial charge >= 0.3 is 0 Å². The van der Waals surface area contributed by atoms with Crippen LogP contribution in [0.1, 0.15) is 45.7 Å². The summed E-state index contributed by atoms with van der Waals surface area (Å²) in [6.45, 7) is 8.28. The summed E-state index contributed by atoms with van der Waals surface area (Å²) in [4.78, 5) is 0. The molecule has 1 aliphatic rings. The molecule has 0 spiro atoms. The van der Waals surface area contributed by atoms with Gasteiger partial charge in [-0.05, 0) is 51.8 Å². The fraction of sp³-hybridized carbons (Fsp3) is 0.600. The van der Waals surface area contributed by atoms with E-state index in [2.05, 4.69) is 27.7 Å². The predicted octanol–water partition coefficient (Wildman–Crippen LogP) is 3.42. The van der Waals surface area contributed by atoms with E-state index in [1.165, 1.54) is 12.1 Å². The average molecular weight is 251 g/mol. The highest BCUT2D eigenvalue weighted by molar-refractivity contribution is 5.22. The molecule has 0 amide bonds. The standard InChI is InChI=1S/C15H22FNO/c1-14(2)9-12(15(3,4)18-14)13(17)10-6-5-7-11(16)8-10/h5-8,12-13H,9,17H2,1-4H3. The third kappa shape index (κ3) is 2.57. The van der Waals surface area contributed by atoms with Crippen LogP contribution in [0, 0.1) is 11.7 Å². The highest BCUT2D eigenvalue weighted by Gasteiger charge is 2.48. The molecule has 0 bridgehead atoms. The van der Waals surface area contributed by atoms with Crippen LogP contribution >= 0.6 is 0 Å². The number of benzene rings is 1. The zero-order chi connectivity index (χ0) is 13.6. The lowest BCUT2D eigenvalue weighted by Gasteiger charge is -2.31. The molecule has 1 saturated heterocycles. The Balaban J connectivity index is 2.26. The van der Waals surface area contributed by atoms with Crippen molar-refractivity contribution < 1.29 is 9.13 Å². The van der Waals surface area contributed by atoms with Crippen LogP contribution in [0.15, 0.2) is 24.3 Å². The Labute approximate surface area is 108 Å². The molecule has 1 aliphatic heterocycles. The van der Waals surface area contributed by atoms with E-state index < -0.39 is 0 Å². The molecular formula is C15H22FNO. The van der Waals surface area contributed by atoms with Gasteiger partial charge in [-0.3, -0.25) is 0 Å². The molecule has 0 aromatic heterocycles. The Morgan fingerprint density at radius 3 is 2.50 bits per heavy atom. The van der Waals surface area contributed by atoms with E-state index in [9.17, 15) is 4.39 Å². The van der Waals surface area contributed by atoms with Gasteiger partial charge in [0.25, 0.3) is 0 Å². The second-order valence-corrected chi connectivity index (χ2v) is 6.36. The normalized spacial score (nSPS) is 27.1. The van der Waals surface area contributed by atoms with E-state index in [1.807, 2.05) is 6.07 Å². The van der Waals surface area contributed by atoms with E-state index in [1.54, 1.807) is 6.07 Å². The number of rotatable bonds is 2. The third-order valence-electron chi connectivity index (χ3n) is 3.81. The van der Waals surface area contributed by atoms with Crippen molar-refractivity contribution in [3.63, 3.8) is 0 Å². The van der Waals surface area contributed by atoms with E-state index in [4.69, 9.17) is 10.5 Å². The van der Waals surface area contributed by atoms with Crippen molar-refractivity contribution in [2.45, 2.75) is 51.4 Å². The molecule has 2 N–H and O–H groups in total. The smallest absolute Gasteiger partial charge is 0.123 e. The fourth-order valence-corrected chi connectivity index (χ4v) is 3.11. The maximum absolute atomic E-state index is 13.3. The molecule has 2 nitrogen and oxygen atoms in total. The molecule has 0 radical (unpaired) electrons. The summed E-state index contributed by atoms with van der Waals surface area (Å²) in [6.07, 6.45) is 0.887. The van der Waals surface area contributed by atoms with Gasteiger partial charge in [0, 0.05) is 12.0 Å². The zero-order valence-electron chi connectivity index (χ0n) is 11.5. The summed E-state index contributed by atoms with van der Waals surface area (Å²) in [5, 5.41) is 0. The highest BCUT2D eigenvalue weighted by Crippen LogP contribution is 2.46. The number of ether oxygens (including phenoxy) is 1. The average Bonchev–Trinajstić information content (AvgIpc) is 2.45. The van der Waals surface area contributed by atoms with Crippen molar-refractivity contribution in [2.75, 3.05) is 0 Å². The molecule has 0 saturated carbocycles. The van der Waals surface area contributed by atoms with Crippen LogP contribution in [-0.4, -0.2) is 11.2 Å². The molecule has 2 rings (SSSR count). The Hall–Kier alpha value is -0.930. The molecule has 2 unspecified atom stereocenters. The number of hydrogen-bond donors (Lipinski definition) is 1. The predicted molar refractivity (Wildman–Crippen MR) is 70.7 cm³/mol. The van der Waals surface area contributed by atoms with E-state index in [0.717, 1.165) is 12.0 Å². The maximum Gasteiger partial charge on any atom is 0.123 e. The van der Waals surface area contributed by atoms with Crippen molar-refractivity contribution in [2.24, 2.45) is 11.7 Å². The van der Waals surface area contributed by atoms with Crippen LogP contribution < -0.4 is 5.73 Å². The first-order chi connectivity index (χ1) is 8.21. The van der Waals surface area contributed by atoms with Gasteiger partial charge in [-0.25, -0.2) is 4.39 Å². The van der Waals surface area contributed by atoms with Gasteiger partial charge < -0.3 is 10.5 Å². The fourth-order valence-electron chi connectivity index (χ4n) is 3.11. The van der Waals surface area contributed by atoms with Gasteiger partial charge in [0.1, 0.15) is 5.82 Å². The van der Waals surface area contributed by atoms with Gasteiger partial charge in [-0.15, -0.1) is 0 Å². The molecule has 1 fully saturated rings. The lowest BCUT2D eigenvalue weighted by atomic mass is 9.79. The van der Waals surface area contributed by atoms with Crippen molar-refractivity contribution in [1.82, 2.24) is 0 Å². The minimum atomic E-state index is -0.283. The zero-order valence-corrected chi connectivity index (χ0v) is 11.5. The van der Waals surface area contributed by atoms with Crippen LogP contribution in [0.2, 0.25) is 0 Å². The lowest BCUT2D eigenvalue weighted by Crippen LogP contribution is -2.35. The SMILES string of the molecule is CC1(C)CC(C(N)c2cccc(F)c2)C(C)(C)O1. The number of halogens is 1. The van der Waals surface area contributed by atoms with Gasteiger partial charge in [-0.2, -0.15) is 0 Å². The Bertz CT molecular complexity index is 442. The summed E-state index contributed by atoms with van der Waals surface area (Å²) >= 11 is 0. The molecule has 1 heterocycles. The molecule has 100 valence electrons. The summed E-state index contributed by atoms with van der Waals surface area (Å²) in [6, 6.07) is 6.35. The Kier molecular flexibility index (Phi) is 3.24. The highest BCUT2D eigenvalue weighted by atomic mass is 19.1. The lowest BCUT2D eigenvalue weighted by molar-refractivity contribution is -0.0767. The van der Waals surface area contributed by atoms with Gasteiger partial charge in [0.15, 0.2) is 0 Å². The van der Waals surface area contributed by atoms with E-state index in [-0.39, 0.29) is 29.0 Å². The van der Waals surface area contributed by atoms with Crippen LogP contribution in [0.25, 0.3) is 0 Å². The molecule has 1 aromatic carbocycles. The largest absolute Gasteiger partial charge is 0.369 e. The van der Waals surface area contributed by atoms with Crippen LogP contribution in [0.4, 0.5) is 4.39 Å². The van der Waals surface area contributed by atoms with Crippen LogP contribution in [0.5, 0.6) is 0 Å². The number of nitrogens with two attached hydrogens (primary N) is 1. The summed E-state index contributed by atoms with van der Waals surface area (Å²) in [7, 11) is 0. The van der Waals surface area contributed by atoms with Gasteiger partial charge in [0.2, 0.25) is 0 Å². The Morgan fingerprint density at radius 1 is 1.33 bits per heavy atom. The van der Waals surface area contributed by atoms with Crippen LogP contribution in [0.3, 0.4) is 0 Å². The second kappa shape index (κ2) is 4.32. The minimum absolute atomic E-state index is 0.168. The molecular weight excluding hydrogens is 229 g/mol. The summed E-state index contributed by atoms with van der Waals surface area (Å²) < 4.78 is 19.3. The van der Waals surface area contributed by atoms with Crippen molar-refractivity contribution in [3.8, 4) is 0 Å². The van der Waals surface area contributed by atoms with Crippen molar-refractivity contribution >= 4 is 0 Å². The maximum atomic E-state index is 13.3. The quantitative estimate of drug-likeness (QED) is 0.874. The van der Waals surface area contributed by atoms with Gasteiger partial charge in [-0.1, -0.05) is 12.1 Å². The van der Waals surface area contributed by atoms with Crippen LogP contribution in [-0.2, 0) is 4.74 Å². The monoisotopic (exact) mass is 251 g/mol. The molecule has 3 heteroatoms. The van der Waals surface area contributed by atoms with E-state index >= 15 is 0 Å². The van der Waals surface area contributed by atoms with E-state index in [0.29, 0.717) is 0 Å². The van der Waals surface area contributed by atoms with Crippen molar-refractivity contribution in [1.29, 1.82) is 0 Å². The second-order valence-electron chi connectivity index (χ2n) is 6.36. The third-order valence-corrected chi connectivity index (χ3v) is 3.81. The first-order valence-corrected chi connectivity index (χ1v) is 6.42. The molecule has 0 aliphatic carbocycles. The topological polar surface area (TPSA) is 35.2 Å².